The first-order valence-corrected chi connectivity index (χ1v) is 14.7. The van der Waals surface area contributed by atoms with Crippen molar-refractivity contribution in [3.8, 4) is 11.1 Å². The first kappa shape index (κ1) is 26.8. The molecule has 3 aromatic rings. The van der Waals surface area contributed by atoms with Gasteiger partial charge in [0, 0.05) is 56.6 Å². The summed E-state index contributed by atoms with van der Waals surface area (Å²) in [7, 11) is -0.161. The SMILES string of the molecule is CCS(=O)(=O)NC(=O)c1cc(-c2cnc(N(C)C)nc2)c2c(C3CN(C(=O)O)C3)nn(C3CCCCC3)c2n1. The molecule has 2 amide bonds. The molecular formula is C25H32N8O5S. The molecule has 0 aromatic carbocycles. The van der Waals surface area contributed by atoms with Crippen LogP contribution in [0, 0.1) is 0 Å². The lowest BCUT2D eigenvalue weighted by Crippen LogP contribution is -2.48. The quantitative estimate of drug-likeness (QED) is 0.442. The lowest BCUT2D eigenvalue weighted by Gasteiger charge is -2.36. The number of nitrogens with one attached hydrogen (secondary N) is 1. The molecule has 0 bridgehead atoms. The fraction of sp³-hybridized carbons (Fsp3) is 0.520. The van der Waals surface area contributed by atoms with Crippen molar-refractivity contribution in [1.29, 1.82) is 0 Å². The summed E-state index contributed by atoms with van der Waals surface area (Å²) in [5, 5.41) is 15.1. The Balaban J connectivity index is 1.72. The van der Waals surface area contributed by atoms with Crippen molar-refractivity contribution >= 4 is 39.0 Å². The minimum Gasteiger partial charge on any atom is -0.465 e. The Labute approximate surface area is 226 Å². The summed E-state index contributed by atoms with van der Waals surface area (Å²) in [4.78, 5) is 41.2. The lowest BCUT2D eigenvalue weighted by molar-refractivity contribution is 0.0976. The Bertz CT molecular complexity index is 1510. The number of aromatic nitrogens is 5. The van der Waals surface area contributed by atoms with E-state index in [0.717, 1.165) is 32.1 Å². The molecule has 2 fully saturated rings. The van der Waals surface area contributed by atoms with Gasteiger partial charge in [-0.2, -0.15) is 5.10 Å². The van der Waals surface area contributed by atoms with Crippen molar-refractivity contribution in [3.05, 3.63) is 29.8 Å². The van der Waals surface area contributed by atoms with Crippen molar-refractivity contribution in [2.75, 3.05) is 37.8 Å². The van der Waals surface area contributed by atoms with Crippen LogP contribution in [0.25, 0.3) is 22.2 Å². The van der Waals surface area contributed by atoms with Crippen LogP contribution >= 0.6 is 0 Å². The second-order valence-corrected chi connectivity index (χ2v) is 12.3. The van der Waals surface area contributed by atoms with Gasteiger partial charge in [0.25, 0.3) is 5.91 Å². The van der Waals surface area contributed by atoms with Crippen molar-refractivity contribution < 1.29 is 23.1 Å². The van der Waals surface area contributed by atoms with E-state index in [1.54, 1.807) is 23.4 Å². The van der Waals surface area contributed by atoms with Gasteiger partial charge in [-0.15, -0.1) is 0 Å². The molecule has 0 atom stereocenters. The predicted octanol–water partition coefficient (Wildman–Crippen LogP) is 2.62. The van der Waals surface area contributed by atoms with E-state index in [9.17, 15) is 23.1 Å². The number of hydrogen-bond acceptors (Lipinski definition) is 9. The van der Waals surface area contributed by atoms with Crippen LogP contribution < -0.4 is 9.62 Å². The first-order valence-electron chi connectivity index (χ1n) is 13.0. The Morgan fingerprint density at radius 1 is 1.13 bits per heavy atom. The third-order valence-electron chi connectivity index (χ3n) is 7.36. The molecule has 1 saturated heterocycles. The summed E-state index contributed by atoms with van der Waals surface area (Å²) in [6.07, 6.45) is 7.33. The number of nitrogens with zero attached hydrogens (tertiary/aromatic N) is 7. The van der Waals surface area contributed by atoms with Crippen LogP contribution in [-0.4, -0.2) is 88.1 Å². The molecule has 5 rings (SSSR count). The minimum atomic E-state index is -3.81. The molecule has 208 valence electrons. The Morgan fingerprint density at radius 3 is 2.38 bits per heavy atom. The van der Waals surface area contributed by atoms with Gasteiger partial charge in [0.15, 0.2) is 5.65 Å². The van der Waals surface area contributed by atoms with Gasteiger partial charge < -0.3 is 14.9 Å². The van der Waals surface area contributed by atoms with Crippen molar-refractivity contribution in [2.24, 2.45) is 0 Å². The number of carboxylic acid groups (broad SMARTS) is 1. The number of carbonyl (C=O) groups excluding carboxylic acids is 1. The fourth-order valence-electron chi connectivity index (χ4n) is 5.14. The maximum atomic E-state index is 13.1. The number of likely N-dealkylation sites (tertiary alicyclic amines) is 1. The van der Waals surface area contributed by atoms with E-state index in [2.05, 4.69) is 19.7 Å². The molecule has 1 saturated carbocycles. The number of rotatable bonds is 7. The molecule has 14 heteroatoms. The molecular weight excluding hydrogens is 524 g/mol. The average molecular weight is 557 g/mol. The van der Waals surface area contributed by atoms with E-state index in [4.69, 9.17) is 5.10 Å². The zero-order chi connectivity index (χ0) is 27.9. The number of fused-ring (bicyclic) bond motifs is 1. The van der Waals surface area contributed by atoms with E-state index >= 15 is 0 Å². The van der Waals surface area contributed by atoms with Gasteiger partial charge >= 0.3 is 6.09 Å². The Hall–Kier alpha value is -3.81. The minimum absolute atomic E-state index is 0.0597. The molecule has 39 heavy (non-hydrogen) atoms. The summed E-state index contributed by atoms with van der Waals surface area (Å²) in [5.74, 6) is -0.717. The van der Waals surface area contributed by atoms with E-state index in [1.165, 1.54) is 11.8 Å². The van der Waals surface area contributed by atoms with E-state index in [1.807, 2.05) is 18.8 Å². The molecule has 2 N–H and O–H groups in total. The number of sulfonamides is 1. The topological polar surface area (TPSA) is 164 Å². The third-order valence-corrected chi connectivity index (χ3v) is 8.61. The van der Waals surface area contributed by atoms with Crippen molar-refractivity contribution in [2.45, 2.75) is 51.0 Å². The zero-order valence-corrected chi connectivity index (χ0v) is 23.0. The average Bonchev–Trinajstić information content (AvgIpc) is 3.26. The maximum Gasteiger partial charge on any atom is 0.407 e. The van der Waals surface area contributed by atoms with Crippen LogP contribution in [-0.2, 0) is 10.0 Å². The molecule has 3 aromatic heterocycles. The fourth-order valence-corrected chi connectivity index (χ4v) is 5.67. The van der Waals surface area contributed by atoms with Gasteiger partial charge in [0.2, 0.25) is 16.0 Å². The molecule has 1 aliphatic heterocycles. The van der Waals surface area contributed by atoms with Gasteiger partial charge in [-0.1, -0.05) is 19.3 Å². The maximum absolute atomic E-state index is 13.1. The van der Waals surface area contributed by atoms with E-state index in [0.29, 0.717) is 46.9 Å². The molecule has 1 aliphatic carbocycles. The number of carbonyl (C=O) groups is 2. The highest BCUT2D eigenvalue weighted by molar-refractivity contribution is 7.90. The van der Waals surface area contributed by atoms with Crippen molar-refractivity contribution in [1.82, 2.24) is 34.4 Å². The Kier molecular flexibility index (Phi) is 7.14. The summed E-state index contributed by atoms with van der Waals surface area (Å²) in [6, 6.07) is 1.61. The standard InChI is InChI=1S/C25H32N8O5S/c1-4-39(37,38)30-23(34)19-10-18(15-11-26-24(27-12-15)31(2)3)20-21(16-13-32(14-16)25(35)36)29-33(22(20)28-19)17-8-6-5-7-9-17/h10-12,16-17H,4-9,13-14H2,1-3H3,(H,30,34)(H,35,36). The summed E-state index contributed by atoms with van der Waals surface area (Å²) in [6.45, 7) is 2.06. The summed E-state index contributed by atoms with van der Waals surface area (Å²) < 4.78 is 28.3. The number of anilines is 1. The number of pyridine rings is 1. The van der Waals surface area contributed by atoms with Crippen LogP contribution in [0.2, 0.25) is 0 Å². The van der Waals surface area contributed by atoms with Crippen LogP contribution in [0.15, 0.2) is 18.5 Å². The second-order valence-electron chi connectivity index (χ2n) is 10.3. The largest absolute Gasteiger partial charge is 0.465 e. The molecule has 0 radical (unpaired) electrons. The number of hydrogen-bond donors (Lipinski definition) is 2. The molecule has 13 nitrogen and oxygen atoms in total. The molecule has 0 unspecified atom stereocenters. The highest BCUT2D eigenvalue weighted by Gasteiger charge is 2.37. The van der Waals surface area contributed by atoms with Gasteiger partial charge in [0.1, 0.15) is 5.69 Å². The van der Waals surface area contributed by atoms with Crippen LogP contribution in [0.4, 0.5) is 10.7 Å². The number of amides is 2. The molecule has 4 heterocycles. The van der Waals surface area contributed by atoms with Gasteiger partial charge in [0.05, 0.1) is 22.9 Å². The third kappa shape index (κ3) is 5.24. The van der Waals surface area contributed by atoms with Crippen LogP contribution in [0.3, 0.4) is 0 Å². The molecule has 0 spiro atoms. The normalized spacial score (nSPS) is 16.7. The van der Waals surface area contributed by atoms with Crippen LogP contribution in [0.5, 0.6) is 0 Å². The highest BCUT2D eigenvalue weighted by Crippen LogP contribution is 2.40. The zero-order valence-electron chi connectivity index (χ0n) is 22.2. The van der Waals surface area contributed by atoms with Gasteiger partial charge in [-0.25, -0.2) is 37.6 Å². The molecule has 2 aliphatic rings. The van der Waals surface area contributed by atoms with Gasteiger partial charge in [-0.3, -0.25) is 4.79 Å². The lowest BCUT2D eigenvalue weighted by atomic mass is 9.92. The second kappa shape index (κ2) is 10.4. The highest BCUT2D eigenvalue weighted by atomic mass is 32.2. The predicted molar refractivity (Wildman–Crippen MR) is 144 cm³/mol. The Morgan fingerprint density at radius 2 is 1.79 bits per heavy atom. The monoisotopic (exact) mass is 556 g/mol. The smallest absolute Gasteiger partial charge is 0.407 e. The van der Waals surface area contributed by atoms with Crippen molar-refractivity contribution in [3.63, 3.8) is 0 Å². The summed E-state index contributed by atoms with van der Waals surface area (Å²) >= 11 is 0. The first-order chi connectivity index (χ1) is 18.6. The van der Waals surface area contributed by atoms with Crippen LogP contribution in [0.1, 0.15) is 67.2 Å². The van der Waals surface area contributed by atoms with Gasteiger partial charge in [-0.05, 0) is 25.8 Å². The summed E-state index contributed by atoms with van der Waals surface area (Å²) in [5.41, 5.74) is 2.32. The van der Waals surface area contributed by atoms with E-state index in [-0.39, 0.29) is 23.4 Å². The van der Waals surface area contributed by atoms with E-state index < -0.39 is 22.0 Å².